The van der Waals surface area contributed by atoms with E-state index < -0.39 is 0 Å². The Balaban J connectivity index is 1.97. The molecule has 1 unspecified atom stereocenters. The highest BCUT2D eigenvalue weighted by Gasteiger charge is 2.11. The molecule has 1 aromatic heterocycles. The Bertz CT molecular complexity index is 595. The predicted molar refractivity (Wildman–Crippen MR) is 78.8 cm³/mol. The van der Waals surface area contributed by atoms with Crippen molar-refractivity contribution in [2.75, 3.05) is 7.11 Å². The molecule has 0 aliphatic rings. The highest BCUT2D eigenvalue weighted by Crippen LogP contribution is 2.22. The fraction of sp³-hybridized carbons (Fsp3) is 0.267. The van der Waals surface area contributed by atoms with Gasteiger partial charge in [-0.3, -0.25) is 0 Å². The Morgan fingerprint density at radius 1 is 1.35 bits per heavy atom. The smallest absolute Gasteiger partial charge is 0.354 e. The van der Waals surface area contributed by atoms with Gasteiger partial charge in [-0.25, -0.2) is 4.79 Å². The zero-order chi connectivity index (χ0) is 14.5. The number of H-pyrrole nitrogens is 1. The number of ether oxygens (including phenoxy) is 1. The largest absolute Gasteiger partial charge is 0.464 e. The molecule has 1 atom stereocenters. The van der Waals surface area contributed by atoms with Crippen molar-refractivity contribution in [2.24, 2.45) is 0 Å². The van der Waals surface area contributed by atoms with Gasteiger partial charge in [-0.1, -0.05) is 29.8 Å². The van der Waals surface area contributed by atoms with E-state index in [0.717, 1.165) is 16.3 Å². The molecule has 1 heterocycles. The Morgan fingerprint density at radius 2 is 2.10 bits per heavy atom. The number of rotatable bonds is 5. The van der Waals surface area contributed by atoms with E-state index in [1.54, 1.807) is 6.07 Å². The van der Waals surface area contributed by atoms with E-state index >= 15 is 0 Å². The van der Waals surface area contributed by atoms with E-state index in [1.165, 1.54) is 7.11 Å². The van der Waals surface area contributed by atoms with Crippen LogP contribution in [0.2, 0.25) is 5.02 Å². The number of methoxy groups -OCH3 is 1. The molecule has 2 N–H and O–H groups in total. The normalized spacial score (nSPS) is 12.2. The van der Waals surface area contributed by atoms with Crippen LogP contribution < -0.4 is 5.32 Å². The van der Waals surface area contributed by atoms with Gasteiger partial charge in [-0.05, 0) is 30.7 Å². The van der Waals surface area contributed by atoms with Crippen LogP contribution in [0.4, 0.5) is 0 Å². The van der Waals surface area contributed by atoms with Crippen molar-refractivity contribution >= 4 is 17.6 Å². The van der Waals surface area contributed by atoms with Crippen molar-refractivity contribution in [3.8, 4) is 0 Å². The molecule has 2 aromatic rings. The fourth-order valence-corrected chi connectivity index (χ4v) is 2.27. The summed E-state index contributed by atoms with van der Waals surface area (Å²) in [6, 6.07) is 11.4. The zero-order valence-corrected chi connectivity index (χ0v) is 12.2. The van der Waals surface area contributed by atoms with Crippen molar-refractivity contribution in [2.45, 2.75) is 19.5 Å². The average Bonchev–Trinajstić information content (AvgIpc) is 2.93. The van der Waals surface area contributed by atoms with Crippen LogP contribution in [-0.2, 0) is 11.3 Å². The van der Waals surface area contributed by atoms with E-state index in [1.807, 2.05) is 37.3 Å². The van der Waals surface area contributed by atoms with Crippen molar-refractivity contribution in [3.63, 3.8) is 0 Å². The Morgan fingerprint density at radius 3 is 2.80 bits per heavy atom. The van der Waals surface area contributed by atoms with Crippen LogP contribution in [0.3, 0.4) is 0 Å². The van der Waals surface area contributed by atoms with E-state index in [9.17, 15) is 4.79 Å². The SMILES string of the molecule is COC(=O)c1ccc(CNC(C)c2ccccc2Cl)[nH]1. The van der Waals surface area contributed by atoms with E-state index in [-0.39, 0.29) is 12.0 Å². The summed E-state index contributed by atoms with van der Waals surface area (Å²) in [7, 11) is 1.36. The lowest BCUT2D eigenvalue weighted by atomic mass is 10.1. The van der Waals surface area contributed by atoms with Gasteiger partial charge in [-0.2, -0.15) is 0 Å². The van der Waals surface area contributed by atoms with Gasteiger partial charge in [-0.15, -0.1) is 0 Å². The first-order valence-corrected chi connectivity index (χ1v) is 6.73. The van der Waals surface area contributed by atoms with Crippen molar-refractivity contribution in [1.82, 2.24) is 10.3 Å². The summed E-state index contributed by atoms with van der Waals surface area (Å²) in [5.74, 6) is -0.365. The van der Waals surface area contributed by atoms with Crippen LogP contribution in [-0.4, -0.2) is 18.1 Å². The number of carbonyl (C=O) groups excluding carboxylic acids is 1. The van der Waals surface area contributed by atoms with Gasteiger partial charge < -0.3 is 15.0 Å². The Hall–Kier alpha value is -1.78. The molecule has 1 aromatic carbocycles. The molecule has 0 saturated carbocycles. The third kappa shape index (κ3) is 3.40. The average molecular weight is 293 g/mol. The minimum absolute atomic E-state index is 0.119. The molecule has 0 fully saturated rings. The lowest BCUT2D eigenvalue weighted by Gasteiger charge is -2.15. The molecule has 0 saturated heterocycles. The van der Waals surface area contributed by atoms with E-state index in [4.69, 9.17) is 11.6 Å². The van der Waals surface area contributed by atoms with Gasteiger partial charge in [0.15, 0.2) is 0 Å². The van der Waals surface area contributed by atoms with Gasteiger partial charge in [0.25, 0.3) is 0 Å². The zero-order valence-electron chi connectivity index (χ0n) is 11.4. The minimum atomic E-state index is -0.365. The maximum atomic E-state index is 11.3. The first-order chi connectivity index (χ1) is 9.61. The summed E-state index contributed by atoms with van der Waals surface area (Å²) >= 11 is 6.16. The number of esters is 1. The molecule has 0 aliphatic carbocycles. The third-order valence-electron chi connectivity index (χ3n) is 3.12. The molecule has 0 spiro atoms. The summed E-state index contributed by atoms with van der Waals surface area (Å²) in [4.78, 5) is 14.4. The Kier molecular flexibility index (Phi) is 4.82. The maximum Gasteiger partial charge on any atom is 0.354 e. The molecule has 5 heteroatoms. The van der Waals surface area contributed by atoms with Gasteiger partial charge in [0, 0.05) is 23.3 Å². The molecule has 0 bridgehead atoms. The second kappa shape index (κ2) is 6.59. The number of halogens is 1. The first-order valence-electron chi connectivity index (χ1n) is 6.36. The van der Waals surface area contributed by atoms with Crippen molar-refractivity contribution in [3.05, 3.63) is 58.4 Å². The topological polar surface area (TPSA) is 54.1 Å². The number of hydrogen-bond acceptors (Lipinski definition) is 3. The van der Waals surface area contributed by atoms with Crippen LogP contribution in [0.15, 0.2) is 36.4 Å². The highest BCUT2D eigenvalue weighted by atomic mass is 35.5. The van der Waals surface area contributed by atoms with Crippen LogP contribution in [0, 0.1) is 0 Å². The maximum absolute atomic E-state index is 11.3. The summed E-state index contributed by atoms with van der Waals surface area (Å²) in [6.07, 6.45) is 0. The summed E-state index contributed by atoms with van der Waals surface area (Å²) in [5, 5.41) is 4.10. The van der Waals surface area contributed by atoms with E-state index in [0.29, 0.717) is 12.2 Å². The monoisotopic (exact) mass is 292 g/mol. The van der Waals surface area contributed by atoms with Crippen LogP contribution in [0.1, 0.15) is 34.7 Å². The lowest BCUT2D eigenvalue weighted by molar-refractivity contribution is 0.0594. The quantitative estimate of drug-likeness (QED) is 0.831. The number of nitrogens with one attached hydrogen (secondary N) is 2. The molecule has 20 heavy (non-hydrogen) atoms. The second-order valence-corrected chi connectivity index (χ2v) is 4.92. The molecule has 106 valence electrons. The summed E-state index contributed by atoms with van der Waals surface area (Å²) in [6.45, 7) is 2.66. The van der Waals surface area contributed by atoms with Crippen LogP contribution in [0.25, 0.3) is 0 Å². The van der Waals surface area contributed by atoms with Gasteiger partial charge in [0.05, 0.1) is 7.11 Å². The molecular weight excluding hydrogens is 276 g/mol. The van der Waals surface area contributed by atoms with Gasteiger partial charge in [0.2, 0.25) is 0 Å². The number of benzene rings is 1. The lowest BCUT2D eigenvalue weighted by Crippen LogP contribution is -2.18. The van der Waals surface area contributed by atoms with Gasteiger partial charge in [0.1, 0.15) is 5.69 Å². The first kappa shape index (κ1) is 14.6. The molecule has 0 amide bonds. The van der Waals surface area contributed by atoms with Crippen LogP contribution in [0.5, 0.6) is 0 Å². The highest BCUT2D eigenvalue weighted by molar-refractivity contribution is 6.31. The predicted octanol–water partition coefficient (Wildman–Crippen LogP) is 3.31. The van der Waals surface area contributed by atoms with Gasteiger partial charge >= 0.3 is 5.97 Å². The number of aromatic nitrogens is 1. The molecule has 2 rings (SSSR count). The fourth-order valence-electron chi connectivity index (χ4n) is 1.97. The van der Waals surface area contributed by atoms with Crippen molar-refractivity contribution < 1.29 is 9.53 Å². The third-order valence-corrected chi connectivity index (χ3v) is 3.47. The minimum Gasteiger partial charge on any atom is -0.464 e. The van der Waals surface area contributed by atoms with Crippen LogP contribution >= 0.6 is 11.6 Å². The van der Waals surface area contributed by atoms with Crippen molar-refractivity contribution in [1.29, 1.82) is 0 Å². The molecular formula is C15H17ClN2O2. The summed E-state index contributed by atoms with van der Waals surface area (Å²) < 4.78 is 4.65. The van der Waals surface area contributed by atoms with E-state index in [2.05, 4.69) is 15.0 Å². The molecule has 4 nitrogen and oxygen atoms in total. The second-order valence-electron chi connectivity index (χ2n) is 4.51. The molecule has 0 radical (unpaired) electrons. The summed E-state index contributed by atoms with van der Waals surface area (Å²) in [5.41, 5.74) is 2.42. The number of carbonyl (C=O) groups is 1. The Labute approximate surface area is 123 Å². The standard InChI is InChI=1S/C15H17ClN2O2/c1-10(12-5-3-4-6-13(12)16)17-9-11-7-8-14(18-11)15(19)20-2/h3-8,10,17-18H,9H2,1-2H3. The molecule has 0 aliphatic heterocycles. The number of hydrogen-bond donors (Lipinski definition) is 2. The number of aromatic amines is 1.